The van der Waals surface area contributed by atoms with E-state index < -0.39 is 19.9 Å². The third-order valence-corrected chi connectivity index (χ3v) is 9.65. The van der Waals surface area contributed by atoms with Gasteiger partial charge in [0.25, 0.3) is 10.0 Å². The fourth-order valence-corrected chi connectivity index (χ4v) is 7.70. The summed E-state index contributed by atoms with van der Waals surface area (Å²) >= 11 is 1.42. The van der Waals surface area contributed by atoms with Crippen LogP contribution >= 0.6 is 11.3 Å². The van der Waals surface area contributed by atoms with Gasteiger partial charge in [-0.1, -0.05) is 12.1 Å². The third kappa shape index (κ3) is 3.40. The molecule has 0 bridgehead atoms. The van der Waals surface area contributed by atoms with Gasteiger partial charge in [-0.25, -0.2) is 21.8 Å². The molecule has 0 N–H and O–H groups in total. The van der Waals surface area contributed by atoms with E-state index in [1.54, 1.807) is 42.7 Å². The van der Waals surface area contributed by atoms with Crippen molar-refractivity contribution < 1.29 is 16.8 Å². The second-order valence-corrected chi connectivity index (χ2v) is 12.4. The number of sulfone groups is 1. The van der Waals surface area contributed by atoms with Gasteiger partial charge in [0.1, 0.15) is 0 Å². The quantitative estimate of drug-likeness (QED) is 0.452. The molecule has 1 aliphatic rings. The van der Waals surface area contributed by atoms with Gasteiger partial charge in [-0.15, -0.1) is 11.3 Å². The van der Waals surface area contributed by atoms with E-state index in [0.717, 1.165) is 20.8 Å². The van der Waals surface area contributed by atoms with Gasteiger partial charge in [-0.3, -0.25) is 9.29 Å². The van der Waals surface area contributed by atoms with Crippen molar-refractivity contribution in [1.29, 1.82) is 0 Å². The summed E-state index contributed by atoms with van der Waals surface area (Å²) < 4.78 is 54.4. The number of rotatable bonds is 3. The number of aryl methyl sites for hydroxylation is 1. The molecule has 0 spiro atoms. The molecule has 0 fully saturated rings. The number of aromatic nitrogens is 2. The molecule has 0 unspecified atom stereocenters. The SMILES string of the molecule is Cc1nc2ccc(S(=O)(=O)N3CCS(=O)(=O)c4ccc(-c5cccnc5)cc43)cc2s1. The molecule has 0 aliphatic carbocycles. The molecule has 5 rings (SSSR count). The second kappa shape index (κ2) is 7.11. The maximum atomic E-state index is 13.6. The van der Waals surface area contributed by atoms with Gasteiger partial charge in [-0.2, -0.15) is 0 Å². The molecule has 0 saturated carbocycles. The molecule has 1 aliphatic heterocycles. The number of fused-ring (bicyclic) bond motifs is 2. The average Bonchev–Trinajstić information content (AvgIpc) is 3.13. The number of hydrogen-bond donors (Lipinski definition) is 0. The molecule has 4 aromatic rings. The highest BCUT2D eigenvalue weighted by molar-refractivity contribution is 7.94. The lowest BCUT2D eigenvalue weighted by molar-refractivity contribution is 0.584. The molecule has 2 aromatic heterocycles. The van der Waals surface area contributed by atoms with Crippen LogP contribution in [0.3, 0.4) is 0 Å². The lowest BCUT2D eigenvalue weighted by atomic mass is 10.1. The number of hydrogen-bond acceptors (Lipinski definition) is 7. The molecular formula is C21H17N3O4S3. The fraction of sp³-hybridized carbons (Fsp3) is 0.143. The molecule has 31 heavy (non-hydrogen) atoms. The van der Waals surface area contributed by atoms with Crippen molar-refractivity contribution in [1.82, 2.24) is 9.97 Å². The lowest BCUT2D eigenvalue weighted by Crippen LogP contribution is -2.39. The van der Waals surface area contributed by atoms with Crippen LogP contribution in [0.4, 0.5) is 5.69 Å². The Balaban J connectivity index is 1.67. The van der Waals surface area contributed by atoms with Crippen molar-refractivity contribution in [2.24, 2.45) is 0 Å². The number of benzene rings is 2. The third-order valence-electron chi connectivity index (χ3n) is 5.18. The summed E-state index contributed by atoms with van der Waals surface area (Å²) in [5, 5.41) is 0.847. The molecule has 0 radical (unpaired) electrons. The predicted molar refractivity (Wildman–Crippen MR) is 121 cm³/mol. The molecule has 158 valence electrons. The molecule has 3 heterocycles. The van der Waals surface area contributed by atoms with E-state index in [2.05, 4.69) is 9.97 Å². The first-order valence-electron chi connectivity index (χ1n) is 9.43. The van der Waals surface area contributed by atoms with Crippen molar-refractivity contribution in [3.8, 4) is 11.1 Å². The Labute approximate surface area is 184 Å². The topological polar surface area (TPSA) is 97.3 Å². The van der Waals surface area contributed by atoms with Crippen LogP contribution in [0, 0.1) is 6.92 Å². The minimum atomic E-state index is -3.97. The highest BCUT2D eigenvalue weighted by atomic mass is 32.2. The van der Waals surface area contributed by atoms with Gasteiger partial charge in [0.05, 0.1) is 36.5 Å². The van der Waals surface area contributed by atoms with Crippen LogP contribution in [-0.2, 0) is 19.9 Å². The Morgan fingerprint density at radius 1 is 1.06 bits per heavy atom. The normalized spacial score (nSPS) is 15.7. The van der Waals surface area contributed by atoms with Crippen molar-refractivity contribution in [3.05, 3.63) is 65.9 Å². The number of pyridine rings is 1. The van der Waals surface area contributed by atoms with E-state index in [1.165, 1.54) is 27.8 Å². The Hall–Kier alpha value is -2.82. The first kappa shape index (κ1) is 20.1. The predicted octanol–water partition coefficient (Wildman–Crippen LogP) is 3.65. The molecule has 0 saturated heterocycles. The summed E-state index contributed by atoms with van der Waals surface area (Å²) in [6.45, 7) is 1.72. The standard InChI is InChI=1S/C21H17N3O4S3/c1-14-23-18-6-5-17(12-20(18)29-14)31(27,28)24-9-10-30(25,26)21-7-4-15(11-19(21)24)16-3-2-8-22-13-16/h2-8,11-13H,9-10H2,1H3. The summed E-state index contributed by atoms with van der Waals surface area (Å²) in [7, 11) is -7.55. The monoisotopic (exact) mass is 471 g/mol. The Kier molecular flexibility index (Phi) is 4.61. The minimum Gasteiger partial charge on any atom is -0.264 e. The minimum absolute atomic E-state index is 0.0182. The molecule has 7 nitrogen and oxygen atoms in total. The van der Waals surface area contributed by atoms with Crippen LogP contribution in [0.25, 0.3) is 21.3 Å². The van der Waals surface area contributed by atoms with Gasteiger partial charge in [-0.05, 0) is 48.9 Å². The van der Waals surface area contributed by atoms with Gasteiger partial charge < -0.3 is 0 Å². The van der Waals surface area contributed by atoms with E-state index in [4.69, 9.17) is 0 Å². The van der Waals surface area contributed by atoms with E-state index >= 15 is 0 Å². The maximum absolute atomic E-state index is 13.6. The van der Waals surface area contributed by atoms with E-state index in [0.29, 0.717) is 5.56 Å². The molecule has 0 atom stereocenters. The molecule has 0 amide bonds. The summed E-state index contributed by atoms with van der Waals surface area (Å²) in [6, 6.07) is 13.2. The first-order chi connectivity index (χ1) is 14.8. The van der Waals surface area contributed by atoms with Gasteiger partial charge in [0, 0.05) is 24.5 Å². The van der Waals surface area contributed by atoms with Crippen LogP contribution in [0.2, 0.25) is 0 Å². The van der Waals surface area contributed by atoms with Crippen LogP contribution in [0.1, 0.15) is 5.01 Å². The Morgan fingerprint density at radius 3 is 2.68 bits per heavy atom. The zero-order valence-electron chi connectivity index (χ0n) is 16.4. The number of thiazole rings is 1. The van der Waals surface area contributed by atoms with Gasteiger partial charge in [0.15, 0.2) is 9.84 Å². The van der Waals surface area contributed by atoms with E-state index in [1.807, 2.05) is 13.0 Å². The zero-order valence-corrected chi connectivity index (χ0v) is 18.8. The molecule has 2 aromatic carbocycles. The van der Waals surface area contributed by atoms with Crippen molar-refractivity contribution in [2.45, 2.75) is 16.7 Å². The highest BCUT2D eigenvalue weighted by Gasteiger charge is 2.36. The second-order valence-electron chi connectivity index (χ2n) is 7.18. The Morgan fingerprint density at radius 2 is 1.90 bits per heavy atom. The summed E-state index contributed by atoms with van der Waals surface area (Å²) in [6.07, 6.45) is 3.29. The fourth-order valence-electron chi connectivity index (χ4n) is 3.68. The number of anilines is 1. The van der Waals surface area contributed by atoms with E-state index in [9.17, 15) is 16.8 Å². The smallest absolute Gasteiger partial charge is 0.264 e. The van der Waals surface area contributed by atoms with Crippen LogP contribution in [-0.4, -0.2) is 39.1 Å². The van der Waals surface area contributed by atoms with Gasteiger partial charge >= 0.3 is 0 Å². The molecule has 10 heteroatoms. The summed E-state index contributed by atoms with van der Waals surface area (Å²) in [5.74, 6) is -0.270. The van der Waals surface area contributed by atoms with Crippen LogP contribution in [0.5, 0.6) is 0 Å². The summed E-state index contributed by atoms with van der Waals surface area (Å²) in [5.41, 5.74) is 2.36. The molecular weight excluding hydrogens is 454 g/mol. The first-order valence-corrected chi connectivity index (χ1v) is 13.3. The Bertz CT molecular complexity index is 1530. The zero-order chi connectivity index (χ0) is 21.8. The largest absolute Gasteiger partial charge is 0.264 e. The van der Waals surface area contributed by atoms with Crippen molar-refractivity contribution in [3.63, 3.8) is 0 Å². The van der Waals surface area contributed by atoms with Crippen LogP contribution in [0.15, 0.2) is 70.7 Å². The van der Waals surface area contributed by atoms with E-state index in [-0.39, 0.29) is 27.8 Å². The van der Waals surface area contributed by atoms with Crippen molar-refractivity contribution >= 4 is 47.1 Å². The number of nitrogens with zero attached hydrogens (tertiary/aromatic N) is 3. The lowest BCUT2D eigenvalue weighted by Gasteiger charge is -2.30. The van der Waals surface area contributed by atoms with Crippen LogP contribution < -0.4 is 4.31 Å². The average molecular weight is 472 g/mol. The number of sulfonamides is 1. The highest BCUT2D eigenvalue weighted by Crippen LogP contribution is 2.38. The van der Waals surface area contributed by atoms with Gasteiger partial charge in [0.2, 0.25) is 0 Å². The maximum Gasteiger partial charge on any atom is 0.264 e. The summed E-state index contributed by atoms with van der Waals surface area (Å²) in [4.78, 5) is 8.60. The van der Waals surface area contributed by atoms with Crippen molar-refractivity contribution in [2.75, 3.05) is 16.6 Å².